The van der Waals surface area contributed by atoms with Crippen molar-refractivity contribution >= 4 is 28.4 Å². The van der Waals surface area contributed by atoms with Crippen LogP contribution in [0.25, 0.3) is 22.0 Å². The van der Waals surface area contributed by atoms with E-state index in [1.54, 1.807) is 6.20 Å². The first-order valence-electron chi connectivity index (χ1n) is 13.5. The van der Waals surface area contributed by atoms with Crippen LogP contribution in [0.2, 0.25) is 0 Å². The van der Waals surface area contributed by atoms with Crippen molar-refractivity contribution in [1.29, 1.82) is 0 Å². The molecule has 1 aliphatic rings. The molecule has 0 saturated carbocycles. The number of aromatic nitrogens is 2. The van der Waals surface area contributed by atoms with Crippen LogP contribution in [0.15, 0.2) is 59.2 Å². The van der Waals surface area contributed by atoms with E-state index in [1.165, 1.54) is 18.4 Å². The molecule has 0 radical (unpaired) electrons. The summed E-state index contributed by atoms with van der Waals surface area (Å²) < 4.78 is 1.95. The first-order chi connectivity index (χ1) is 18.2. The zero-order valence-electron chi connectivity index (χ0n) is 23.4. The van der Waals surface area contributed by atoms with Crippen LogP contribution >= 0.6 is 0 Å². The van der Waals surface area contributed by atoms with Gasteiger partial charge in [0, 0.05) is 30.2 Å². The maximum atomic E-state index is 13.5. The van der Waals surface area contributed by atoms with Crippen LogP contribution in [-0.4, -0.2) is 52.3 Å². The van der Waals surface area contributed by atoms with Crippen molar-refractivity contribution in [3.8, 4) is 11.1 Å². The molecule has 38 heavy (non-hydrogen) atoms. The number of hydrogen-bond donors (Lipinski definition) is 1. The van der Waals surface area contributed by atoms with E-state index in [4.69, 9.17) is 0 Å². The van der Waals surface area contributed by atoms with E-state index < -0.39 is 5.92 Å². The zero-order chi connectivity index (χ0) is 27.4. The van der Waals surface area contributed by atoms with Crippen LogP contribution in [0.1, 0.15) is 69.4 Å². The van der Waals surface area contributed by atoms with Gasteiger partial charge in [0.2, 0.25) is 0 Å². The molecular weight excluding hydrogens is 474 g/mol. The number of fused-ring (bicyclic) bond motifs is 1. The molecule has 2 amide bonds. The Morgan fingerprint density at radius 1 is 1.16 bits per heavy atom. The third-order valence-corrected chi connectivity index (χ3v) is 7.09. The van der Waals surface area contributed by atoms with Crippen LogP contribution in [0.5, 0.6) is 0 Å². The summed E-state index contributed by atoms with van der Waals surface area (Å²) in [5, 5.41) is 8.38. The molecule has 0 bridgehead atoms. The van der Waals surface area contributed by atoms with E-state index in [0.29, 0.717) is 11.3 Å². The zero-order valence-corrected chi connectivity index (χ0v) is 23.4. The number of nitrogens with zero attached hydrogens (tertiary/aromatic N) is 4. The summed E-state index contributed by atoms with van der Waals surface area (Å²) in [4.78, 5) is 32.4. The van der Waals surface area contributed by atoms with E-state index in [0.717, 1.165) is 40.7 Å². The smallest absolute Gasteiger partial charge is 0.254 e. The summed E-state index contributed by atoms with van der Waals surface area (Å²) in [7, 11) is 2.15. The second-order valence-corrected chi connectivity index (χ2v) is 10.7. The highest BCUT2D eigenvalue weighted by atomic mass is 16.2. The molecule has 7 nitrogen and oxygen atoms in total. The molecule has 0 aliphatic carbocycles. The van der Waals surface area contributed by atoms with Gasteiger partial charge in [0.1, 0.15) is 0 Å². The van der Waals surface area contributed by atoms with E-state index >= 15 is 0 Å². The molecule has 2 aromatic carbocycles. The van der Waals surface area contributed by atoms with Crippen LogP contribution in [-0.2, 0) is 11.3 Å². The molecule has 1 atom stereocenters. The summed E-state index contributed by atoms with van der Waals surface area (Å²) in [6.07, 6.45) is 6.02. The quantitative estimate of drug-likeness (QED) is 0.371. The Bertz CT molecular complexity index is 1400. The number of carbonyl (C=O) groups is 2. The van der Waals surface area contributed by atoms with E-state index in [2.05, 4.69) is 78.5 Å². The molecule has 0 fully saturated rings. The summed E-state index contributed by atoms with van der Waals surface area (Å²) >= 11 is 0. The van der Waals surface area contributed by atoms with Crippen molar-refractivity contribution in [3.63, 3.8) is 0 Å². The Kier molecular flexibility index (Phi) is 8.57. The number of rotatable bonds is 10. The number of unbranched alkanes of at least 4 members (excludes halogenated alkanes) is 1. The van der Waals surface area contributed by atoms with Gasteiger partial charge in [-0.15, -0.1) is 0 Å². The predicted molar refractivity (Wildman–Crippen MR) is 154 cm³/mol. The Labute approximate surface area is 225 Å². The summed E-state index contributed by atoms with van der Waals surface area (Å²) in [6, 6.07) is 12.7. The number of benzene rings is 2. The van der Waals surface area contributed by atoms with Crippen LogP contribution in [0.3, 0.4) is 0 Å². The van der Waals surface area contributed by atoms with Gasteiger partial charge in [0.15, 0.2) is 0 Å². The first kappa shape index (κ1) is 27.5. The summed E-state index contributed by atoms with van der Waals surface area (Å²) in [5.41, 5.74) is 6.34. The van der Waals surface area contributed by atoms with Crippen LogP contribution in [0, 0.1) is 5.92 Å². The summed E-state index contributed by atoms with van der Waals surface area (Å²) in [6.45, 7) is 12.2. The van der Waals surface area contributed by atoms with Gasteiger partial charge < -0.3 is 10.2 Å². The van der Waals surface area contributed by atoms with Crippen LogP contribution < -0.4 is 5.32 Å². The largest absolute Gasteiger partial charge is 0.351 e. The molecule has 0 spiro atoms. The lowest BCUT2D eigenvalue weighted by atomic mass is 9.95. The monoisotopic (exact) mass is 513 g/mol. The normalized spacial score (nSPS) is 15.8. The molecule has 2 heterocycles. The lowest BCUT2D eigenvalue weighted by Gasteiger charge is -2.19. The number of carbonyl (C=O) groups excluding carboxylic acids is 2. The third kappa shape index (κ3) is 6.10. The van der Waals surface area contributed by atoms with Gasteiger partial charge >= 0.3 is 0 Å². The van der Waals surface area contributed by atoms with Crippen molar-refractivity contribution < 1.29 is 9.59 Å². The van der Waals surface area contributed by atoms with Crippen molar-refractivity contribution in [2.24, 2.45) is 10.9 Å². The van der Waals surface area contributed by atoms with Gasteiger partial charge in [-0.2, -0.15) is 5.10 Å². The van der Waals surface area contributed by atoms with Gasteiger partial charge in [-0.3, -0.25) is 14.3 Å². The molecule has 1 N–H and O–H groups in total. The maximum Gasteiger partial charge on any atom is 0.254 e. The molecule has 3 aromatic rings. The Balaban J connectivity index is 1.66. The highest BCUT2D eigenvalue weighted by Gasteiger charge is 2.25. The van der Waals surface area contributed by atoms with Gasteiger partial charge in [-0.1, -0.05) is 37.1 Å². The Morgan fingerprint density at radius 2 is 1.95 bits per heavy atom. The Hall–Kier alpha value is -3.58. The van der Waals surface area contributed by atoms with Crippen molar-refractivity contribution in [2.75, 3.05) is 20.1 Å². The number of aliphatic imine (C=N–C) groups is 1. The molecule has 0 saturated heterocycles. The number of hydrogen-bond acceptors (Lipinski definition) is 4. The van der Waals surface area contributed by atoms with Crippen molar-refractivity contribution in [1.82, 2.24) is 20.0 Å². The fraction of sp³-hybridized carbons (Fsp3) is 0.419. The van der Waals surface area contributed by atoms with Gasteiger partial charge in [-0.05, 0) is 88.7 Å². The minimum Gasteiger partial charge on any atom is -0.351 e. The average Bonchev–Trinajstić information content (AvgIpc) is 3.30. The Morgan fingerprint density at radius 3 is 2.66 bits per heavy atom. The second-order valence-electron chi connectivity index (χ2n) is 10.7. The molecule has 1 aliphatic heterocycles. The van der Waals surface area contributed by atoms with Gasteiger partial charge in [0.25, 0.3) is 11.8 Å². The van der Waals surface area contributed by atoms with Crippen LogP contribution in [0.4, 0.5) is 0 Å². The minimum absolute atomic E-state index is 0.144. The maximum absolute atomic E-state index is 13.5. The summed E-state index contributed by atoms with van der Waals surface area (Å²) in [5.74, 6) is -0.876. The van der Waals surface area contributed by atoms with Crippen molar-refractivity contribution in [2.45, 2.75) is 60.0 Å². The molecule has 7 heteroatoms. The average molecular weight is 514 g/mol. The second kappa shape index (κ2) is 11.9. The van der Waals surface area contributed by atoms with E-state index in [9.17, 15) is 9.59 Å². The molecule has 4 rings (SSSR count). The molecular formula is C31H39N5O2. The van der Waals surface area contributed by atoms with E-state index in [1.807, 2.05) is 30.7 Å². The lowest BCUT2D eigenvalue weighted by molar-refractivity contribution is -0.120. The third-order valence-electron chi connectivity index (χ3n) is 7.09. The minimum atomic E-state index is -0.443. The number of allylic oxidation sites excluding steroid dienone is 1. The molecule has 1 unspecified atom stereocenters. The fourth-order valence-corrected chi connectivity index (χ4v) is 5.03. The highest BCUT2D eigenvalue weighted by molar-refractivity contribution is 6.09. The van der Waals surface area contributed by atoms with E-state index in [-0.39, 0.29) is 24.4 Å². The van der Waals surface area contributed by atoms with Crippen molar-refractivity contribution in [3.05, 3.63) is 65.4 Å². The predicted octanol–water partition coefficient (Wildman–Crippen LogP) is 5.81. The molecule has 1 aromatic heterocycles. The molecule has 200 valence electrons. The van der Waals surface area contributed by atoms with Gasteiger partial charge in [0.05, 0.1) is 23.2 Å². The SMILES string of the molecule is CCCCN(C)Cc1cccc(-c2cc(C(=O)NCC3C(=O)N=C(C)C=C3C)c3cnn(C(C)C)c3c2)c1. The highest BCUT2D eigenvalue weighted by Crippen LogP contribution is 2.30. The first-order valence-corrected chi connectivity index (χ1v) is 13.5. The topological polar surface area (TPSA) is 79.6 Å². The fourth-order valence-electron chi connectivity index (χ4n) is 5.03. The number of nitrogens with one attached hydrogen (secondary N) is 1. The lowest BCUT2D eigenvalue weighted by Crippen LogP contribution is -2.34. The number of amides is 2. The standard InChI is InChI=1S/C31H39N5O2/c1-7-8-12-35(6)19-23-10-9-11-24(14-23)25-15-26(28-18-33-36(20(2)3)29(28)16-25)30(37)32-17-27-21(4)13-22(5)34-31(27)38/h9-11,13-16,18,20,27H,7-8,12,17,19H2,1-6H3,(H,32,37). The van der Waals surface area contributed by atoms with Gasteiger partial charge in [-0.25, -0.2) is 4.99 Å². The number of dihydropyridines is 1.